The largest absolute Gasteiger partial charge is 0.348 e. The number of allylic oxidation sites excluding steroid dienone is 2. The Morgan fingerprint density at radius 1 is 0.900 bits per heavy atom. The van der Waals surface area contributed by atoms with E-state index in [1.165, 1.54) is 4.90 Å². The molecule has 3 fully saturated rings. The number of nitrogens with one attached hydrogen (secondary N) is 1. The van der Waals surface area contributed by atoms with Gasteiger partial charge in [-0.15, -0.1) is 0 Å². The van der Waals surface area contributed by atoms with E-state index in [1.807, 2.05) is 30.3 Å². The van der Waals surface area contributed by atoms with E-state index in [0.29, 0.717) is 29.6 Å². The molecule has 2 aromatic rings. The molecule has 1 heterocycles. The topological polar surface area (TPSA) is 66.5 Å². The van der Waals surface area contributed by atoms with Gasteiger partial charge in [0.1, 0.15) is 0 Å². The fourth-order valence-electron chi connectivity index (χ4n) is 5.88. The number of hydrogen-bond donors (Lipinski definition) is 1. The highest BCUT2D eigenvalue weighted by atomic mass is 16.2. The Bertz CT molecular complexity index is 1060. The molecule has 0 unspecified atom stereocenters. The van der Waals surface area contributed by atoms with Gasteiger partial charge in [0, 0.05) is 12.1 Å². The van der Waals surface area contributed by atoms with Gasteiger partial charge in [-0.25, -0.2) is 4.90 Å². The number of carbonyl (C=O) groups excluding carboxylic acids is 3. The average molecular weight is 398 g/mol. The molecule has 0 spiro atoms. The molecule has 2 saturated carbocycles. The van der Waals surface area contributed by atoms with Crippen molar-refractivity contribution in [2.75, 3.05) is 4.90 Å². The van der Waals surface area contributed by atoms with E-state index in [1.54, 1.807) is 24.3 Å². The lowest BCUT2D eigenvalue weighted by atomic mass is 9.63. The Morgan fingerprint density at radius 2 is 1.57 bits per heavy atom. The fraction of sp³-hybridized carbons (Fsp3) is 0.320. The summed E-state index contributed by atoms with van der Waals surface area (Å²) >= 11 is 0. The van der Waals surface area contributed by atoms with Crippen LogP contribution in [0.15, 0.2) is 66.7 Å². The first-order valence-corrected chi connectivity index (χ1v) is 10.6. The van der Waals surface area contributed by atoms with Gasteiger partial charge in [-0.3, -0.25) is 14.4 Å². The van der Waals surface area contributed by atoms with Crippen molar-refractivity contribution < 1.29 is 14.4 Å². The molecule has 7 rings (SSSR count). The lowest BCUT2D eigenvalue weighted by Crippen LogP contribution is -2.40. The average Bonchev–Trinajstić information content (AvgIpc) is 3.56. The van der Waals surface area contributed by atoms with Crippen molar-refractivity contribution in [3.05, 3.63) is 77.9 Å². The molecule has 0 aromatic heterocycles. The van der Waals surface area contributed by atoms with Gasteiger partial charge in [-0.1, -0.05) is 48.6 Å². The zero-order valence-corrected chi connectivity index (χ0v) is 16.4. The summed E-state index contributed by atoms with van der Waals surface area (Å²) in [6, 6.07) is 16.5. The number of anilines is 1. The van der Waals surface area contributed by atoms with Crippen LogP contribution in [-0.4, -0.2) is 17.7 Å². The number of carbonyl (C=O) groups is 3. The standard InChI is InChI=1S/C25H22N2O3/c28-23(26-13-14-5-2-1-3-6-14)15-7-4-8-16(11-15)27-24(29)21-17-9-10-18(20-12-19(17)20)22(21)25(27)30/h1-11,17-22H,12-13H2,(H,26,28)/t17-,18-,19-,20-,21+,22+/m1/s1. The smallest absolute Gasteiger partial charge is 0.251 e. The summed E-state index contributed by atoms with van der Waals surface area (Å²) in [5, 5.41) is 2.90. The lowest BCUT2D eigenvalue weighted by molar-refractivity contribution is -0.124. The number of amides is 3. The highest BCUT2D eigenvalue weighted by Gasteiger charge is 2.67. The van der Waals surface area contributed by atoms with E-state index in [0.717, 1.165) is 12.0 Å². The van der Waals surface area contributed by atoms with Crippen LogP contribution in [0.5, 0.6) is 0 Å². The Kier molecular flexibility index (Phi) is 3.76. The van der Waals surface area contributed by atoms with Crippen LogP contribution >= 0.6 is 0 Å². The quantitative estimate of drug-likeness (QED) is 0.635. The molecule has 1 N–H and O–H groups in total. The number of hydrogen-bond acceptors (Lipinski definition) is 3. The molecule has 150 valence electrons. The molecule has 0 radical (unpaired) electrons. The van der Waals surface area contributed by atoms with Crippen LogP contribution in [0.25, 0.3) is 0 Å². The van der Waals surface area contributed by atoms with Crippen molar-refractivity contribution >= 4 is 23.4 Å². The normalized spacial score (nSPS) is 32.7. The third-order valence-corrected chi connectivity index (χ3v) is 7.33. The molecule has 2 bridgehead atoms. The van der Waals surface area contributed by atoms with Crippen molar-refractivity contribution in [1.82, 2.24) is 5.32 Å². The van der Waals surface area contributed by atoms with Gasteiger partial charge in [-0.2, -0.15) is 0 Å². The maximum absolute atomic E-state index is 13.3. The summed E-state index contributed by atoms with van der Waals surface area (Å²) in [6.07, 6.45) is 5.48. The number of benzene rings is 2. The van der Waals surface area contributed by atoms with Gasteiger partial charge in [0.15, 0.2) is 0 Å². The first kappa shape index (κ1) is 17.6. The third kappa shape index (κ3) is 2.51. The summed E-state index contributed by atoms with van der Waals surface area (Å²) < 4.78 is 0. The summed E-state index contributed by atoms with van der Waals surface area (Å²) in [7, 11) is 0. The minimum Gasteiger partial charge on any atom is -0.348 e. The van der Waals surface area contributed by atoms with Crippen LogP contribution < -0.4 is 10.2 Å². The molecular weight excluding hydrogens is 376 g/mol. The summed E-state index contributed by atoms with van der Waals surface area (Å²) in [5.74, 6) is 0.667. The van der Waals surface area contributed by atoms with E-state index in [2.05, 4.69) is 17.5 Å². The summed E-state index contributed by atoms with van der Waals surface area (Å²) in [6.45, 7) is 0.424. The second-order valence-corrected chi connectivity index (χ2v) is 8.89. The predicted octanol–water partition coefficient (Wildman–Crippen LogP) is 3.17. The molecule has 30 heavy (non-hydrogen) atoms. The Labute approximate surface area is 174 Å². The number of imide groups is 1. The molecule has 1 aliphatic heterocycles. The van der Waals surface area contributed by atoms with Gasteiger partial charge in [-0.05, 0) is 53.9 Å². The minimum atomic E-state index is -0.230. The van der Waals surface area contributed by atoms with Gasteiger partial charge >= 0.3 is 0 Å². The Hall–Kier alpha value is -3.21. The SMILES string of the molecule is O=C(NCc1ccccc1)c1cccc(N2C(=O)[C@H]3[C@@H]4C=C[C@H]([C@H]5C[C@H]45)[C@@H]3C2=O)c1. The molecular formula is C25H22N2O3. The van der Waals surface area contributed by atoms with Crippen molar-refractivity contribution in [2.45, 2.75) is 13.0 Å². The first-order valence-electron chi connectivity index (χ1n) is 10.6. The van der Waals surface area contributed by atoms with E-state index in [9.17, 15) is 14.4 Å². The molecule has 6 atom stereocenters. The van der Waals surface area contributed by atoms with Gasteiger partial charge in [0.05, 0.1) is 17.5 Å². The van der Waals surface area contributed by atoms with E-state index < -0.39 is 0 Å². The molecule has 3 amide bonds. The van der Waals surface area contributed by atoms with Crippen LogP contribution in [0.4, 0.5) is 5.69 Å². The van der Waals surface area contributed by atoms with E-state index >= 15 is 0 Å². The van der Waals surface area contributed by atoms with Gasteiger partial charge in [0.2, 0.25) is 11.8 Å². The maximum Gasteiger partial charge on any atom is 0.251 e. The van der Waals surface area contributed by atoms with Crippen LogP contribution in [0.2, 0.25) is 0 Å². The number of rotatable bonds is 4. The fourth-order valence-corrected chi connectivity index (χ4v) is 5.88. The van der Waals surface area contributed by atoms with Crippen LogP contribution in [0.3, 0.4) is 0 Å². The molecule has 5 nitrogen and oxygen atoms in total. The summed E-state index contributed by atoms with van der Waals surface area (Å²) in [5.41, 5.74) is 1.96. The van der Waals surface area contributed by atoms with Crippen LogP contribution in [-0.2, 0) is 16.1 Å². The van der Waals surface area contributed by atoms with Crippen molar-refractivity contribution in [3.63, 3.8) is 0 Å². The maximum atomic E-state index is 13.3. The predicted molar refractivity (Wildman–Crippen MR) is 111 cm³/mol. The van der Waals surface area contributed by atoms with Crippen molar-refractivity contribution in [2.24, 2.45) is 35.5 Å². The molecule has 4 aliphatic carbocycles. The second-order valence-electron chi connectivity index (χ2n) is 8.89. The van der Waals surface area contributed by atoms with Crippen LogP contribution in [0.1, 0.15) is 22.3 Å². The van der Waals surface area contributed by atoms with E-state index in [-0.39, 0.29) is 41.4 Å². The molecule has 2 aromatic carbocycles. The van der Waals surface area contributed by atoms with Gasteiger partial charge < -0.3 is 5.32 Å². The highest BCUT2D eigenvalue weighted by Crippen LogP contribution is 2.65. The van der Waals surface area contributed by atoms with Crippen LogP contribution in [0, 0.1) is 35.5 Å². The first-order chi connectivity index (χ1) is 14.6. The Morgan fingerprint density at radius 3 is 2.23 bits per heavy atom. The second kappa shape index (κ2) is 6.39. The number of nitrogens with zero attached hydrogens (tertiary/aromatic N) is 1. The third-order valence-electron chi connectivity index (χ3n) is 7.33. The Balaban J connectivity index is 1.24. The lowest BCUT2D eigenvalue weighted by Gasteiger charge is -2.37. The van der Waals surface area contributed by atoms with Crippen molar-refractivity contribution in [1.29, 1.82) is 0 Å². The zero-order chi connectivity index (χ0) is 20.4. The highest BCUT2D eigenvalue weighted by molar-refractivity contribution is 6.23. The van der Waals surface area contributed by atoms with E-state index in [4.69, 9.17) is 0 Å². The zero-order valence-electron chi connectivity index (χ0n) is 16.4. The molecule has 5 heteroatoms. The summed E-state index contributed by atoms with van der Waals surface area (Å²) in [4.78, 5) is 40.5. The molecule has 5 aliphatic rings. The van der Waals surface area contributed by atoms with Crippen molar-refractivity contribution in [3.8, 4) is 0 Å². The minimum absolute atomic E-state index is 0.100. The monoisotopic (exact) mass is 398 g/mol. The van der Waals surface area contributed by atoms with Gasteiger partial charge in [0.25, 0.3) is 5.91 Å². The molecule has 1 saturated heterocycles.